The van der Waals surface area contributed by atoms with Crippen LogP contribution in [0.3, 0.4) is 0 Å². The fourth-order valence-electron chi connectivity index (χ4n) is 3.93. The Labute approximate surface area is 194 Å². The van der Waals surface area contributed by atoms with E-state index in [1.165, 1.54) is 13.0 Å². The monoisotopic (exact) mass is 474 g/mol. The van der Waals surface area contributed by atoms with Gasteiger partial charge in [0, 0.05) is 39.9 Å². The van der Waals surface area contributed by atoms with Crippen LogP contribution in [-0.2, 0) is 19.9 Å². The third kappa shape index (κ3) is 4.03. The molecule has 2 heterocycles. The molecule has 2 fully saturated rings. The quantitative estimate of drug-likeness (QED) is 0.647. The molecule has 0 radical (unpaired) electrons. The van der Waals surface area contributed by atoms with Crippen molar-refractivity contribution in [3.8, 4) is 0 Å². The van der Waals surface area contributed by atoms with Crippen LogP contribution in [0.2, 0.25) is 10.0 Å². The van der Waals surface area contributed by atoms with E-state index in [-0.39, 0.29) is 10.9 Å². The van der Waals surface area contributed by atoms with Gasteiger partial charge in [0.1, 0.15) is 12.1 Å². The molecular formula is C22H20Cl2N4O4. The van der Waals surface area contributed by atoms with Crippen LogP contribution in [0.5, 0.6) is 0 Å². The van der Waals surface area contributed by atoms with Crippen molar-refractivity contribution in [2.45, 2.75) is 25.3 Å². The summed E-state index contributed by atoms with van der Waals surface area (Å²) in [6.45, 7) is 1.68. The van der Waals surface area contributed by atoms with E-state index < -0.39 is 29.9 Å². The first-order chi connectivity index (χ1) is 15.2. The summed E-state index contributed by atoms with van der Waals surface area (Å²) in [5.74, 6) is -1.11. The second kappa shape index (κ2) is 8.44. The van der Waals surface area contributed by atoms with E-state index >= 15 is 0 Å². The predicted molar refractivity (Wildman–Crippen MR) is 121 cm³/mol. The highest BCUT2D eigenvalue weighted by atomic mass is 35.5. The van der Waals surface area contributed by atoms with Gasteiger partial charge >= 0.3 is 6.03 Å². The van der Waals surface area contributed by atoms with Crippen molar-refractivity contribution < 1.29 is 19.2 Å². The molecule has 0 bridgehead atoms. The Hall–Kier alpha value is -3.10. The van der Waals surface area contributed by atoms with Gasteiger partial charge in [-0.1, -0.05) is 35.3 Å². The highest BCUT2D eigenvalue weighted by Gasteiger charge is 2.50. The third-order valence-corrected chi connectivity index (χ3v) is 6.11. The molecule has 8 nitrogen and oxygen atoms in total. The number of benzene rings is 2. The van der Waals surface area contributed by atoms with E-state index in [1.54, 1.807) is 41.3 Å². The van der Waals surface area contributed by atoms with Crippen molar-refractivity contribution in [3.05, 3.63) is 58.1 Å². The average molecular weight is 475 g/mol. The third-order valence-electron chi connectivity index (χ3n) is 5.56. The molecule has 2 aliphatic heterocycles. The van der Waals surface area contributed by atoms with Crippen LogP contribution in [0.4, 0.5) is 16.2 Å². The summed E-state index contributed by atoms with van der Waals surface area (Å²) in [5, 5.41) is 5.92. The van der Waals surface area contributed by atoms with Gasteiger partial charge in [0.05, 0.1) is 0 Å². The first-order valence-corrected chi connectivity index (χ1v) is 10.7. The van der Waals surface area contributed by atoms with E-state index in [9.17, 15) is 19.2 Å². The van der Waals surface area contributed by atoms with Crippen LogP contribution < -0.4 is 15.5 Å². The summed E-state index contributed by atoms with van der Waals surface area (Å²) in [5.41, 5.74) is 0.107. The lowest BCUT2D eigenvalue weighted by Gasteiger charge is -2.23. The van der Waals surface area contributed by atoms with Gasteiger partial charge in [0.25, 0.3) is 5.91 Å². The Morgan fingerprint density at radius 3 is 2.62 bits per heavy atom. The lowest BCUT2D eigenvalue weighted by atomic mass is 9.92. The summed E-state index contributed by atoms with van der Waals surface area (Å²) in [7, 11) is 0. The summed E-state index contributed by atoms with van der Waals surface area (Å²) < 4.78 is 0. The number of hydrogen-bond acceptors (Lipinski definition) is 4. The van der Waals surface area contributed by atoms with Gasteiger partial charge in [-0.25, -0.2) is 4.79 Å². The van der Waals surface area contributed by atoms with E-state index in [1.807, 2.05) is 0 Å². The fourth-order valence-corrected chi connectivity index (χ4v) is 4.53. The number of halogens is 2. The Bertz CT molecular complexity index is 1140. The maximum Gasteiger partial charge on any atom is 0.325 e. The van der Waals surface area contributed by atoms with Gasteiger partial charge in [-0.3, -0.25) is 19.3 Å². The minimum atomic E-state index is -1.42. The van der Waals surface area contributed by atoms with Crippen LogP contribution >= 0.6 is 23.2 Å². The SMILES string of the molecule is CC1(c2ccc(Cl)cc2Cl)NC(=O)N(CC(=O)Nc2cccc(N3CCCC3=O)c2)C1=O. The smallest absolute Gasteiger partial charge is 0.324 e. The molecule has 0 aliphatic carbocycles. The molecule has 2 aliphatic rings. The van der Waals surface area contributed by atoms with E-state index in [0.717, 1.165) is 11.3 Å². The molecule has 0 aromatic heterocycles. The topological polar surface area (TPSA) is 98.8 Å². The van der Waals surface area contributed by atoms with Crippen molar-refractivity contribution in [2.24, 2.45) is 0 Å². The van der Waals surface area contributed by atoms with Crippen LogP contribution in [0.15, 0.2) is 42.5 Å². The minimum Gasteiger partial charge on any atom is -0.324 e. The van der Waals surface area contributed by atoms with Crippen LogP contribution in [0.1, 0.15) is 25.3 Å². The lowest BCUT2D eigenvalue weighted by molar-refractivity contribution is -0.133. The van der Waals surface area contributed by atoms with E-state index in [0.29, 0.717) is 34.9 Å². The molecule has 1 atom stereocenters. The van der Waals surface area contributed by atoms with Crippen molar-refractivity contribution in [1.29, 1.82) is 0 Å². The molecule has 166 valence electrons. The number of nitrogens with zero attached hydrogens (tertiary/aromatic N) is 2. The summed E-state index contributed by atoms with van der Waals surface area (Å²) in [4.78, 5) is 52.6. The summed E-state index contributed by atoms with van der Waals surface area (Å²) in [6, 6.07) is 10.8. The maximum absolute atomic E-state index is 13.1. The highest BCUT2D eigenvalue weighted by Crippen LogP contribution is 2.35. The normalized spacial score (nSPS) is 20.7. The number of rotatable bonds is 5. The number of nitrogens with one attached hydrogen (secondary N) is 2. The lowest BCUT2D eigenvalue weighted by Crippen LogP contribution is -2.42. The number of carbonyl (C=O) groups excluding carboxylic acids is 4. The Morgan fingerprint density at radius 1 is 1.16 bits per heavy atom. The number of imide groups is 1. The molecular weight excluding hydrogens is 455 g/mol. The number of urea groups is 1. The average Bonchev–Trinajstić information content (AvgIpc) is 3.25. The van der Waals surface area contributed by atoms with Gasteiger partial charge in [-0.15, -0.1) is 0 Å². The standard InChI is InChI=1S/C22H20Cl2N4O4/c1-22(16-8-7-13(23)10-17(16)24)20(31)28(21(32)26-22)12-18(29)25-14-4-2-5-15(11-14)27-9-3-6-19(27)30/h2,4-5,7-8,10-11H,3,6,9,12H2,1H3,(H,25,29)(H,26,32). The molecule has 0 saturated carbocycles. The molecule has 2 aromatic carbocycles. The fraction of sp³-hybridized carbons (Fsp3) is 0.273. The van der Waals surface area contributed by atoms with E-state index in [2.05, 4.69) is 10.6 Å². The first kappa shape index (κ1) is 22.1. The summed E-state index contributed by atoms with van der Waals surface area (Å²) >= 11 is 12.2. The minimum absolute atomic E-state index is 0.0351. The van der Waals surface area contributed by atoms with Gasteiger partial charge in [0.2, 0.25) is 11.8 Å². The van der Waals surface area contributed by atoms with E-state index in [4.69, 9.17) is 23.2 Å². The van der Waals surface area contributed by atoms with Crippen LogP contribution in [0, 0.1) is 0 Å². The zero-order chi connectivity index (χ0) is 23.0. The molecule has 1 unspecified atom stereocenters. The largest absolute Gasteiger partial charge is 0.325 e. The van der Waals surface area contributed by atoms with Gasteiger partial charge in [-0.05, 0) is 43.7 Å². The maximum atomic E-state index is 13.1. The number of amides is 5. The molecule has 0 spiro atoms. The zero-order valence-corrected chi connectivity index (χ0v) is 18.7. The second-order valence-corrected chi connectivity index (χ2v) is 8.66. The second-order valence-electron chi connectivity index (χ2n) is 7.82. The molecule has 4 rings (SSSR count). The number of carbonyl (C=O) groups is 4. The van der Waals surface area contributed by atoms with Crippen LogP contribution in [-0.4, -0.2) is 41.7 Å². The first-order valence-electron chi connectivity index (χ1n) is 9.99. The molecule has 2 aromatic rings. The van der Waals surface area contributed by atoms with Crippen molar-refractivity contribution in [2.75, 3.05) is 23.3 Å². The zero-order valence-electron chi connectivity index (χ0n) is 17.2. The molecule has 32 heavy (non-hydrogen) atoms. The number of anilines is 2. The molecule has 5 amide bonds. The van der Waals surface area contributed by atoms with Crippen molar-refractivity contribution >= 4 is 58.3 Å². The number of hydrogen-bond donors (Lipinski definition) is 2. The molecule has 2 N–H and O–H groups in total. The highest BCUT2D eigenvalue weighted by molar-refractivity contribution is 6.35. The Balaban J connectivity index is 1.47. The van der Waals surface area contributed by atoms with Gasteiger partial charge in [0.15, 0.2) is 0 Å². The van der Waals surface area contributed by atoms with Crippen LogP contribution in [0.25, 0.3) is 0 Å². The Kier molecular flexibility index (Phi) is 5.83. The summed E-state index contributed by atoms with van der Waals surface area (Å²) in [6.07, 6.45) is 1.29. The molecule has 2 saturated heterocycles. The Morgan fingerprint density at radius 2 is 1.94 bits per heavy atom. The molecule has 10 heteroatoms. The van der Waals surface area contributed by atoms with Gasteiger partial charge < -0.3 is 15.5 Å². The van der Waals surface area contributed by atoms with Gasteiger partial charge in [-0.2, -0.15) is 0 Å². The van der Waals surface area contributed by atoms with Crippen molar-refractivity contribution in [1.82, 2.24) is 10.2 Å². The van der Waals surface area contributed by atoms with Crippen molar-refractivity contribution in [3.63, 3.8) is 0 Å². The predicted octanol–water partition coefficient (Wildman–Crippen LogP) is 3.53.